The van der Waals surface area contributed by atoms with Crippen molar-refractivity contribution in [3.05, 3.63) is 101 Å². The lowest BCUT2D eigenvalue weighted by Gasteiger charge is -2.40. The SMILES string of the molecule is Cc1ccc(S(=O)(=O)N(CC(=O)N(Cc2ccc(F)cc2)C2CCN(C(=O)C(Cl)c3ccccc3)CC2)C2CC2)cc1. The standard InChI is InChI=1S/C32H35ClFN3O4S/c1-23-7-15-29(16-8-23)42(40,41)37(28-13-14-28)22-30(38)36(21-24-9-11-26(34)12-10-24)27-17-19-35(20-18-27)32(39)31(33)25-5-3-2-4-6-25/h2-12,15-16,27-28,31H,13-14,17-22H2,1H3. The van der Waals surface area contributed by atoms with E-state index in [1.54, 1.807) is 46.2 Å². The number of benzene rings is 3. The van der Waals surface area contributed by atoms with Crippen LogP contribution < -0.4 is 0 Å². The highest BCUT2D eigenvalue weighted by Crippen LogP contribution is 2.33. The number of likely N-dealkylation sites (tertiary alicyclic amines) is 1. The van der Waals surface area contributed by atoms with Gasteiger partial charge in [0.15, 0.2) is 0 Å². The van der Waals surface area contributed by atoms with Crippen molar-refractivity contribution in [2.24, 2.45) is 0 Å². The van der Waals surface area contributed by atoms with Crippen molar-refractivity contribution in [2.45, 2.75) is 61.5 Å². The minimum absolute atomic E-state index is 0.166. The van der Waals surface area contributed by atoms with E-state index in [0.29, 0.717) is 38.8 Å². The highest BCUT2D eigenvalue weighted by Gasteiger charge is 2.41. The summed E-state index contributed by atoms with van der Waals surface area (Å²) in [5.74, 6) is -0.866. The molecule has 1 unspecified atom stereocenters. The van der Waals surface area contributed by atoms with Crippen molar-refractivity contribution < 1.29 is 22.4 Å². The number of carbonyl (C=O) groups excluding carboxylic acids is 2. The fourth-order valence-electron chi connectivity index (χ4n) is 5.37. The normalized spacial score (nSPS) is 16.8. The Morgan fingerprint density at radius 2 is 1.52 bits per heavy atom. The Morgan fingerprint density at radius 3 is 2.12 bits per heavy atom. The molecule has 7 nitrogen and oxygen atoms in total. The number of nitrogens with zero attached hydrogens (tertiary/aromatic N) is 3. The Balaban J connectivity index is 1.33. The largest absolute Gasteiger partial charge is 0.341 e. The van der Waals surface area contributed by atoms with Crippen LogP contribution in [0.1, 0.15) is 47.8 Å². The summed E-state index contributed by atoms with van der Waals surface area (Å²) < 4.78 is 42.2. The number of halogens is 2. The van der Waals surface area contributed by atoms with Gasteiger partial charge in [-0.3, -0.25) is 9.59 Å². The topological polar surface area (TPSA) is 78.0 Å². The van der Waals surface area contributed by atoms with E-state index >= 15 is 0 Å². The van der Waals surface area contributed by atoms with Crippen molar-refractivity contribution in [2.75, 3.05) is 19.6 Å². The molecule has 1 atom stereocenters. The molecule has 1 saturated carbocycles. The number of sulfonamides is 1. The summed E-state index contributed by atoms with van der Waals surface area (Å²) in [6.07, 6.45) is 2.45. The summed E-state index contributed by atoms with van der Waals surface area (Å²) in [6, 6.07) is 21.4. The molecule has 0 N–H and O–H groups in total. The Kier molecular flexibility index (Phi) is 9.30. The fourth-order valence-corrected chi connectivity index (χ4v) is 7.29. The van der Waals surface area contributed by atoms with Gasteiger partial charge in [-0.05, 0) is 68.0 Å². The van der Waals surface area contributed by atoms with Crippen LogP contribution in [0, 0.1) is 12.7 Å². The van der Waals surface area contributed by atoms with Gasteiger partial charge in [-0.15, -0.1) is 11.6 Å². The molecule has 1 aliphatic heterocycles. The maximum atomic E-state index is 13.9. The lowest BCUT2D eigenvalue weighted by Crippen LogP contribution is -2.51. The van der Waals surface area contributed by atoms with Gasteiger partial charge in [0.05, 0.1) is 11.4 Å². The Hall–Kier alpha value is -3.27. The number of hydrogen-bond donors (Lipinski definition) is 0. The zero-order valence-electron chi connectivity index (χ0n) is 23.5. The molecule has 0 radical (unpaired) electrons. The first kappa shape index (κ1) is 30.2. The van der Waals surface area contributed by atoms with E-state index < -0.39 is 15.4 Å². The van der Waals surface area contributed by atoms with Gasteiger partial charge in [0.25, 0.3) is 0 Å². The number of piperidine rings is 1. The Labute approximate surface area is 251 Å². The van der Waals surface area contributed by atoms with Crippen LogP contribution in [0.15, 0.2) is 83.8 Å². The quantitative estimate of drug-likeness (QED) is 0.292. The Bertz CT molecular complexity index is 1490. The van der Waals surface area contributed by atoms with Gasteiger partial charge >= 0.3 is 0 Å². The average Bonchev–Trinajstić information content (AvgIpc) is 3.85. The van der Waals surface area contributed by atoms with Gasteiger partial charge < -0.3 is 9.80 Å². The maximum absolute atomic E-state index is 13.9. The summed E-state index contributed by atoms with van der Waals surface area (Å²) >= 11 is 6.51. The van der Waals surface area contributed by atoms with E-state index in [-0.39, 0.29) is 47.7 Å². The van der Waals surface area contributed by atoms with Gasteiger partial charge in [0.2, 0.25) is 21.8 Å². The molecule has 0 spiro atoms. The monoisotopic (exact) mass is 611 g/mol. The molecule has 1 heterocycles. The molecule has 2 amide bonds. The molecule has 2 aliphatic rings. The smallest absolute Gasteiger partial charge is 0.245 e. The first-order valence-electron chi connectivity index (χ1n) is 14.2. The van der Waals surface area contributed by atoms with E-state index in [1.165, 1.54) is 16.4 Å². The second-order valence-electron chi connectivity index (χ2n) is 11.1. The maximum Gasteiger partial charge on any atom is 0.245 e. The van der Waals surface area contributed by atoms with E-state index in [1.807, 2.05) is 37.3 Å². The van der Waals surface area contributed by atoms with Crippen LogP contribution in [0.2, 0.25) is 0 Å². The van der Waals surface area contributed by atoms with Crippen molar-refractivity contribution in [3.8, 4) is 0 Å². The second kappa shape index (κ2) is 12.9. The number of hydrogen-bond acceptors (Lipinski definition) is 4. The van der Waals surface area contributed by atoms with E-state index in [4.69, 9.17) is 11.6 Å². The molecule has 3 aromatic carbocycles. The predicted molar refractivity (Wildman–Crippen MR) is 160 cm³/mol. The third kappa shape index (κ3) is 7.02. The molecule has 222 valence electrons. The molecule has 0 aromatic heterocycles. The molecule has 2 fully saturated rings. The number of carbonyl (C=O) groups is 2. The molecule has 5 rings (SSSR count). The van der Waals surface area contributed by atoms with E-state index in [0.717, 1.165) is 16.7 Å². The van der Waals surface area contributed by atoms with Crippen LogP contribution in [0.5, 0.6) is 0 Å². The number of rotatable bonds is 10. The van der Waals surface area contributed by atoms with Gasteiger partial charge in [0.1, 0.15) is 11.2 Å². The third-order valence-electron chi connectivity index (χ3n) is 7.99. The van der Waals surface area contributed by atoms with Crippen LogP contribution in [0.3, 0.4) is 0 Å². The predicted octanol–water partition coefficient (Wildman–Crippen LogP) is 5.29. The minimum atomic E-state index is -3.88. The first-order chi connectivity index (χ1) is 20.1. The molecule has 0 bridgehead atoms. The molecule has 1 aliphatic carbocycles. The highest BCUT2D eigenvalue weighted by molar-refractivity contribution is 7.89. The summed E-state index contributed by atoms with van der Waals surface area (Å²) in [5, 5.41) is -0.793. The summed E-state index contributed by atoms with van der Waals surface area (Å²) in [5.41, 5.74) is 2.42. The minimum Gasteiger partial charge on any atom is -0.341 e. The van der Waals surface area contributed by atoms with Crippen LogP contribution in [-0.2, 0) is 26.2 Å². The molecular weight excluding hydrogens is 577 g/mol. The summed E-state index contributed by atoms with van der Waals surface area (Å²) in [7, 11) is -3.88. The van der Waals surface area contributed by atoms with Crippen LogP contribution in [-0.4, -0.2) is 66.1 Å². The lowest BCUT2D eigenvalue weighted by atomic mass is 10.0. The van der Waals surface area contributed by atoms with Crippen molar-refractivity contribution in [1.82, 2.24) is 14.1 Å². The molecule has 1 saturated heterocycles. The molecule has 42 heavy (non-hydrogen) atoms. The van der Waals surface area contributed by atoms with Gasteiger partial charge in [-0.25, -0.2) is 12.8 Å². The third-order valence-corrected chi connectivity index (χ3v) is 10.3. The molecule has 3 aromatic rings. The van der Waals surface area contributed by atoms with Crippen molar-refractivity contribution in [3.63, 3.8) is 0 Å². The van der Waals surface area contributed by atoms with Gasteiger partial charge in [-0.2, -0.15) is 4.31 Å². The average molecular weight is 612 g/mol. The molecule has 10 heteroatoms. The highest BCUT2D eigenvalue weighted by atomic mass is 35.5. The number of aryl methyl sites for hydroxylation is 1. The number of amides is 2. The van der Waals surface area contributed by atoms with E-state index in [2.05, 4.69) is 0 Å². The van der Waals surface area contributed by atoms with Crippen LogP contribution in [0.25, 0.3) is 0 Å². The zero-order valence-corrected chi connectivity index (χ0v) is 25.1. The van der Waals surface area contributed by atoms with Gasteiger partial charge in [0, 0.05) is 31.7 Å². The first-order valence-corrected chi connectivity index (χ1v) is 16.1. The van der Waals surface area contributed by atoms with Crippen LogP contribution in [0.4, 0.5) is 4.39 Å². The lowest BCUT2D eigenvalue weighted by molar-refractivity contribution is -0.137. The van der Waals surface area contributed by atoms with Crippen LogP contribution >= 0.6 is 11.6 Å². The number of alkyl halides is 1. The Morgan fingerprint density at radius 1 is 0.905 bits per heavy atom. The van der Waals surface area contributed by atoms with Crippen molar-refractivity contribution >= 4 is 33.4 Å². The molecular formula is C32H35ClFN3O4S. The van der Waals surface area contributed by atoms with Gasteiger partial charge in [-0.1, -0.05) is 60.2 Å². The van der Waals surface area contributed by atoms with E-state index in [9.17, 15) is 22.4 Å². The summed E-state index contributed by atoms with van der Waals surface area (Å²) in [6.45, 7) is 2.66. The summed E-state index contributed by atoms with van der Waals surface area (Å²) in [4.78, 5) is 30.7. The fraction of sp³-hybridized carbons (Fsp3) is 0.375. The zero-order chi connectivity index (χ0) is 29.9. The van der Waals surface area contributed by atoms with Crippen molar-refractivity contribution in [1.29, 1.82) is 0 Å². The second-order valence-corrected chi connectivity index (χ2v) is 13.4.